The van der Waals surface area contributed by atoms with Crippen LogP contribution >= 0.6 is 15.9 Å². The highest BCUT2D eigenvalue weighted by Gasteiger charge is 2.11. The Labute approximate surface area is 120 Å². The van der Waals surface area contributed by atoms with Crippen molar-refractivity contribution in [3.05, 3.63) is 63.4 Å². The molecule has 0 heterocycles. The van der Waals surface area contributed by atoms with Gasteiger partial charge in [0.05, 0.1) is 0 Å². The van der Waals surface area contributed by atoms with E-state index in [1.807, 2.05) is 12.1 Å². The molecule has 0 saturated carbocycles. The summed E-state index contributed by atoms with van der Waals surface area (Å²) in [5.74, 6) is 0.614. The molecule has 3 heteroatoms. The van der Waals surface area contributed by atoms with Gasteiger partial charge in [-0.2, -0.15) is 0 Å². The molecule has 3 rings (SSSR count). The van der Waals surface area contributed by atoms with Crippen molar-refractivity contribution >= 4 is 15.9 Å². The van der Waals surface area contributed by atoms with Crippen LogP contribution in [0.2, 0.25) is 0 Å². The van der Waals surface area contributed by atoms with Crippen molar-refractivity contribution in [1.82, 2.24) is 0 Å². The zero-order chi connectivity index (χ0) is 13.2. The minimum atomic E-state index is -0.248. The Balaban J connectivity index is 1.72. The van der Waals surface area contributed by atoms with E-state index < -0.39 is 0 Å². The Morgan fingerprint density at radius 2 is 1.89 bits per heavy atom. The van der Waals surface area contributed by atoms with E-state index in [4.69, 9.17) is 4.74 Å². The van der Waals surface area contributed by atoms with Crippen molar-refractivity contribution < 1.29 is 9.13 Å². The lowest BCUT2D eigenvalue weighted by atomic mass is 10.1. The maximum absolute atomic E-state index is 13.2. The SMILES string of the molecule is Fc1cc(Br)cc(COc2ccc3c(c2)CCC3)c1. The molecule has 1 aliphatic rings. The van der Waals surface area contributed by atoms with Gasteiger partial charge in [0.15, 0.2) is 0 Å². The van der Waals surface area contributed by atoms with E-state index >= 15 is 0 Å². The predicted octanol–water partition coefficient (Wildman–Crippen LogP) is 4.66. The highest BCUT2D eigenvalue weighted by molar-refractivity contribution is 9.10. The van der Waals surface area contributed by atoms with Crippen molar-refractivity contribution in [2.45, 2.75) is 25.9 Å². The molecule has 0 amide bonds. The smallest absolute Gasteiger partial charge is 0.124 e. The van der Waals surface area contributed by atoms with Gasteiger partial charge in [-0.05, 0) is 66.3 Å². The lowest BCUT2D eigenvalue weighted by molar-refractivity contribution is 0.305. The number of aryl methyl sites for hydroxylation is 2. The second kappa shape index (κ2) is 5.33. The third-order valence-corrected chi connectivity index (χ3v) is 3.86. The molecule has 0 aromatic heterocycles. The number of benzene rings is 2. The third-order valence-electron chi connectivity index (χ3n) is 3.40. The van der Waals surface area contributed by atoms with Gasteiger partial charge in [-0.3, -0.25) is 0 Å². The Bertz CT molecular complexity index is 589. The number of ether oxygens (including phenoxy) is 1. The first-order valence-electron chi connectivity index (χ1n) is 6.40. The molecule has 0 saturated heterocycles. The van der Waals surface area contributed by atoms with Crippen LogP contribution in [0, 0.1) is 5.82 Å². The van der Waals surface area contributed by atoms with Gasteiger partial charge in [-0.15, -0.1) is 0 Å². The summed E-state index contributed by atoms with van der Waals surface area (Å²) < 4.78 is 19.7. The summed E-state index contributed by atoms with van der Waals surface area (Å²) in [6, 6.07) is 11.1. The number of fused-ring (bicyclic) bond motifs is 1. The summed E-state index contributed by atoms with van der Waals surface area (Å²) in [5, 5.41) is 0. The quantitative estimate of drug-likeness (QED) is 0.799. The van der Waals surface area contributed by atoms with Crippen molar-refractivity contribution in [3.8, 4) is 5.75 Å². The molecule has 0 bridgehead atoms. The van der Waals surface area contributed by atoms with Crippen LogP contribution in [0.1, 0.15) is 23.1 Å². The van der Waals surface area contributed by atoms with E-state index in [-0.39, 0.29) is 5.82 Å². The molecule has 0 radical (unpaired) electrons. The van der Waals surface area contributed by atoms with Gasteiger partial charge < -0.3 is 4.74 Å². The van der Waals surface area contributed by atoms with Gasteiger partial charge >= 0.3 is 0 Å². The van der Waals surface area contributed by atoms with Crippen molar-refractivity contribution in [1.29, 1.82) is 0 Å². The standard InChI is InChI=1S/C16H14BrFO/c17-14-6-11(7-15(18)9-14)10-19-16-5-4-12-2-1-3-13(12)8-16/h4-9H,1-3,10H2. The van der Waals surface area contributed by atoms with Crippen LogP contribution in [0.4, 0.5) is 4.39 Å². The van der Waals surface area contributed by atoms with E-state index in [0.717, 1.165) is 22.2 Å². The topological polar surface area (TPSA) is 9.23 Å². The molecule has 0 unspecified atom stereocenters. The summed E-state index contributed by atoms with van der Waals surface area (Å²) in [7, 11) is 0. The first-order chi connectivity index (χ1) is 9.20. The second-order valence-corrected chi connectivity index (χ2v) is 5.77. The zero-order valence-electron chi connectivity index (χ0n) is 10.5. The minimum Gasteiger partial charge on any atom is -0.489 e. The zero-order valence-corrected chi connectivity index (χ0v) is 12.0. The van der Waals surface area contributed by atoms with Gasteiger partial charge in [0.1, 0.15) is 18.2 Å². The fourth-order valence-electron chi connectivity index (χ4n) is 2.50. The van der Waals surface area contributed by atoms with E-state index in [9.17, 15) is 4.39 Å². The summed E-state index contributed by atoms with van der Waals surface area (Å²) in [5.41, 5.74) is 3.64. The van der Waals surface area contributed by atoms with Crippen LogP contribution in [-0.2, 0) is 19.4 Å². The lowest BCUT2D eigenvalue weighted by Crippen LogP contribution is -1.97. The average Bonchev–Trinajstić information content (AvgIpc) is 2.82. The van der Waals surface area contributed by atoms with E-state index in [2.05, 4.69) is 28.1 Å². The molecule has 0 fully saturated rings. The van der Waals surface area contributed by atoms with Crippen molar-refractivity contribution in [3.63, 3.8) is 0 Å². The van der Waals surface area contributed by atoms with Crippen LogP contribution in [0.3, 0.4) is 0 Å². The van der Waals surface area contributed by atoms with Crippen LogP contribution in [0.25, 0.3) is 0 Å². The van der Waals surface area contributed by atoms with Gasteiger partial charge in [0, 0.05) is 4.47 Å². The van der Waals surface area contributed by atoms with Gasteiger partial charge in [-0.1, -0.05) is 22.0 Å². The third kappa shape index (κ3) is 2.98. The maximum Gasteiger partial charge on any atom is 0.124 e. The molecule has 0 atom stereocenters. The van der Waals surface area contributed by atoms with Crippen molar-refractivity contribution in [2.75, 3.05) is 0 Å². The molecule has 1 aliphatic carbocycles. The molecular weight excluding hydrogens is 307 g/mol. The Morgan fingerprint density at radius 3 is 2.74 bits per heavy atom. The molecule has 98 valence electrons. The monoisotopic (exact) mass is 320 g/mol. The summed E-state index contributed by atoms with van der Waals surface area (Å²) in [6.07, 6.45) is 3.54. The number of hydrogen-bond acceptors (Lipinski definition) is 1. The molecule has 2 aromatic carbocycles. The molecule has 19 heavy (non-hydrogen) atoms. The van der Waals surface area contributed by atoms with Gasteiger partial charge in [0.2, 0.25) is 0 Å². The van der Waals surface area contributed by atoms with Gasteiger partial charge in [0.25, 0.3) is 0 Å². The molecule has 0 spiro atoms. The molecule has 2 aromatic rings. The number of halogens is 2. The van der Waals surface area contributed by atoms with E-state index in [1.165, 1.54) is 36.1 Å². The Kier molecular flexibility index (Phi) is 3.56. The number of rotatable bonds is 3. The Hall–Kier alpha value is -1.35. The predicted molar refractivity (Wildman–Crippen MR) is 76.9 cm³/mol. The fourth-order valence-corrected chi connectivity index (χ4v) is 3.01. The fraction of sp³-hybridized carbons (Fsp3) is 0.250. The summed E-state index contributed by atoms with van der Waals surface area (Å²) >= 11 is 3.28. The van der Waals surface area contributed by atoms with Crippen LogP contribution in [0.15, 0.2) is 40.9 Å². The maximum atomic E-state index is 13.2. The first-order valence-corrected chi connectivity index (χ1v) is 7.19. The van der Waals surface area contributed by atoms with Crippen LogP contribution < -0.4 is 4.74 Å². The van der Waals surface area contributed by atoms with Gasteiger partial charge in [-0.25, -0.2) is 4.39 Å². The average molecular weight is 321 g/mol. The molecule has 0 aliphatic heterocycles. The number of hydrogen-bond donors (Lipinski definition) is 0. The Morgan fingerprint density at radius 1 is 1.05 bits per heavy atom. The summed E-state index contributed by atoms with van der Waals surface area (Å²) in [6.45, 7) is 0.384. The lowest BCUT2D eigenvalue weighted by Gasteiger charge is -2.09. The normalized spacial score (nSPS) is 13.4. The molecular formula is C16H14BrFO. The highest BCUT2D eigenvalue weighted by atomic mass is 79.9. The van der Waals surface area contributed by atoms with E-state index in [0.29, 0.717) is 6.61 Å². The largest absolute Gasteiger partial charge is 0.489 e. The second-order valence-electron chi connectivity index (χ2n) is 4.85. The van der Waals surface area contributed by atoms with Crippen LogP contribution in [-0.4, -0.2) is 0 Å². The van der Waals surface area contributed by atoms with Crippen molar-refractivity contribution in [2.24, 2.45) is 0 Å². The first kappa shape index (κ1) is 12.7. The van der Waals surface area contributed by atoms with Crippen LogP contribution in [0.5, 0.6) is 5.75 Å². The minimum absolute atomic E-state index is 0.248. The highest BCUT2D eigenvalue weighted by Crippen LogP contribution is 2.26. The molecule has 1 nitrogen and oxygen atoms in total. The van der Waals surface area contributed by atoms with E-state index in [1.54, 1.807) is 0 Å². The summed E-state index contributed by atoms with van der Waals surface area (Å²) in [4.78, 5) is 0. The molecule has 0 N–H and O–H groups in total.